The fraction of sp³-hybridized carbons (Fsp3) is 0.571. The number of nitrogens with zero attached hydrogens (tertiary/aromatic N) is 1. The minimum Gasteiger partial charge on any atom is -0.389 e. The molecule has 0 unspecified atom stereocenters. The van der Waals surface area contributed by atoms with E-state index in [0.29, 0.717) is 6.61 Å². The first-order chi connectivity index (χ1) is 8.68. The van der Waals surface area contributed by atoms with E-state index in [1.807, 2.05) is 25.2 Å². The van der Waals surface area contributed by atoms with Crippen LogP contribution in [0.3, 0.4) is 0 Å². The van der Waals surface area contributed by atoms with Crippen molar-refractivity contribution in [2.24, 2.45) is 0 Å². The van der Waals surface area contributed by atoms with Crippen LogP contribution in [-0.2, 0) is 11.2 Å². The molecule has 0 radical (unpaired) electrons. The van der Waals surface area contributed by atoms with Gasteiger partial charge in [-0.1, -0.05) is 30.3 Å². The second kappa shape index (κ2) is 6.29. The maximum Gasteiger partial charge on any atom is 0.105 e. The average Bonchev–Trinajstić information content (AvgIpc) is 2.40. The number of rotatable bonds is 4. The quantitative estimate of drug-likeness (QED) is 0.807. The molecule has 1 aliphatic heterocycles. The van der Waals surface area contributed by atoms with Gasteiger partial charge in [0, 0.05) is 6.54 Å². The van der Waals surface area contributed by atoms with Crippen molar-refractivity contribution in [3.63, 3.8) is 0 Å². The molecule has 18 heavy (non-hydrogen) atoms. The Morgan fingerprint density at radius 2 is 1.94 bits per heavy atom. The van der Waals surface area contributed by atoms with Crippen molar-refractivity contribution in [1.82, 2.24) is 4.90 Å². The molecule has 0 spiro atoms. The highest BCUT2D eigenvalue weighted by Crippen LogP contribution is 2.14. The van der Waals surface area contributed by atoms with E-state index in [2.05, 4.69) is 17.0 Å². The van der Waals surface area contributed by atoms with Crippen molar-refractivity contribution in [3.8, 4) is 0 Å². The number of aliphatic hydroxyl groups is 2. The molecule has 1 aromatic rings. The second-order valence-corrected chi connectivity index (χ2v) is 4.88. The number of hydrogen-bond acceptors (Lipinski definition) is 4. The first-order valence-electron chi connectivity index (χ1n) is 6.36. The highest BCUT2D eigenvalue weighted by atomic mass is 16.5. The Kier molecular flexibility index (Phi) is 4.72. The van der Waals surface area contributed by atoms with Gasteiger partial charge in [-0.3, -0.25) is 4.90 Å². The number of likely N-dealkylation sites (N-methyl/N-ethyl adjacent to an activating group) is 1. The molecule has 1 saturated heterocycles. The van der Waals surface area contributed by atoms with Crippen LogP contribution in [-0.4, -0.2) is 60.2 Å². The molecule has 0 aliphatic carbocycles. The third-order valence-electron chi connectivity index (χ3n) is 3.53. The zero-order valence-corrected chi connectivity index (χ0v) is 10.7. The Labute approximate surface area is 108 Å². The molecule has 2 N–H and O–H groups in total. The van der Waals surface area contributed by atoms with Gasteiger partial charge in [-0.05, 0) is 19.0 Å². The fourth-order valence-corrected chi connectivity index (χ4v) is 2.27. The lowest BCUT2D eigenvalue weighted by atomic mass is 10.0. The zero-order valence-electron chi connectivity index (χ0n) is 10.7. The third kappa shape index (κ3) is 3.29. The van der Waals surface area contributed by atoms with Crippen LogP contribution < -0.4 is 0 Å². The van der Waals surface area contributed by atoms with Crippen LogP contribution in [0.1, 0.15) is 5.56 Å². The molecule has 100 valence electrons. The maximum atomic E-state index is 9.93. The van der Waals surface area contributed by atoms with Crippen LogP contribution >= 0.6 is 0 Å². The van der Waals surface area contributed by atoms with Crippen molar-refractivity contribution >= 4 is 0 Å². The highest BCUT2D eigenvalue weighted by molar-refractivity contribution is 5.14. The largest absolute Gasteiger partial charge is 0.389 e. The summed E-state index contributed by atoms with van der Waals surface area (Å²) in [6, 6.07) is 10.1. The van der Waals surface area contributed by atoms with Crippen molar-refractivity contribution < 1.29 is 14.9 Å². The lowest BCUT2D eigenvalue weighted by Crippen LogP contribution is -2.55. The number of hydrogen-bond donors (Lipinski definition) is 2. The van der Waals surface area contributed by atoms with E-state index in [4.69, 9.17) is 4.74 Å². The molecule has 4 heteroatoms. The summed E-state index contributed by atoms with van der Waals surface area (Å²) in [5.74, 6) is 0. The van der Waals surface area contributed by atoms with Crippen molar-refractivity contribution in [1.29, 1.82) is 0 Å². The van der Waals surface area contributed by atoms with Crippen LogP contribution in [0.5, 0.6) is 0 Å². The van der Waals surface area contributed by atoms with Crippen molar-refractivity contribution in [3.05, 3.63) is 35.9 Å². The van der Waals surface area contributed by atoms with Gasteiger partial charge in [0.25, 0.3) is 0 Å². The Morgan fingerprint density at radius 3 is 2.67 bits per heavy atom. The van der Waals surface area contributed by atoms with Gasteiger partial charge in [0.1, 0.15) is 6.10 Å². The van der Waals surface area contributed by atoms with E-state index < -0.39 is 12.2 Å². The topological polar surface area (TPSA) is 52.9 Å². The van der Waals surface area contributed by atoms with Crippen LogP contribution in [0.4, 0.5) is 0 Å². The van der Waals surface area contributed by atoms with Gasteiger partial charge in [-0.2, -0.15) is 0 Å². The molecule has 1 heterocycles. The third-order valence-corrected chi connectivity index (χ3v) is 3.53. The van der Waals surface area contributed by atoms with Gasteiger partial charge in [-0.15, -0.1) is 0 Å². The molecule has 0 amide bonds. The normalized spacial score (nSPS) is 28.6. The Balaban J connectivity index is 1.86. The number of ether oxygens (including phenoxy) is 1. The summed E-state index contributed by atoms with van der Waals surface area (Å²) in [5.41, 5.74) is 1.27. The molecule has 4 nitrogen and oxygen atoms in total. The lowest BCUT2D eigenvalue weighted by Gasteiger charge is -2.37. The second-order valence-electron chi connectivity index (χ2n) is 4.88. The van der Waals surface area contributed by atoms with Gasteiger partial charge >= 0.3 is 0 Å². The molecule has 2 rings (SSSR count). The Bertz CT molecular complexity index is 357. The standard InChI is InChI=1S/C14H21NO3/c1-15(8-7-11-5-3-2-4-6-11)12-9-18-10-13(16)14(12)17/h2-6,12-14,16-17H,7-10H2,1H3/t12-,13-,14+/m1/s1. The van der Waals surface area contributed by atoms with Crippen molar-refractivity contribution in [2.75, 3.05) is 26.8 Å². The summed E-state index contributed by atoms with van der Waals surface area (Å²) in [4.78, 5) is 2.06. The van der Waals surface area contributed by atoms with Gasteiger partial charge in [0.2, 0.25) is 0 Å². The first kappa shape index (κ1) is 13.5. The first-order valence-corrected chi connectivity index (χ1v) is 6.36. The summed E-state index contributed by atoms with van der Waals surface area (Å²) in [6.07, 6.45) is -0.570. The van der Waals surface area contributed by atoms with Crippen LogP contribution in [0.2, 0.25) is 0 Å². The van der Waals surface area contributed by atoms with E-state index in [9.17, 15) is 10.2 Å². The Morgan fingerprint density at radius 1 is 1.22 bits per heavy atom. The summed E-state index contributed by atoms with van der Waals surface area (Å²) >= 11 is 0. The molecular weight excluding hydrogens is 230 g/mol. The Hall–Kier alpha value is -0.940. The van der Waals surface area contributed by atoms with Gasteiger partial charge in [0.05, 0.1) is 25.4 Å². The molecule has 1 fully saturated rings. The van der Waals surface area contributed by atoms with Crippen LogP contribution in [0.15, 0.2) is 30.3 Å². The van der Waals surface area contributed by atoms with Gasteiger partial charge < -0.3 is 14.9 Å². The minimum absolute atomic E-state index is 0.127. The van der Waals surface area contributed by atoms with Crippen LogP contribution in [0, 0.1) is 0 Å². The van der Waals surface area contributed by atoms with Gasteiger partial charge in [-0.25, -0.2) is 0 Å². The van der Waals surface area contributed by atoms with E-state index in [0.717, 1.165) is 13.0 Å². The monoisotopic (exact) mass is 251 g/mol. The minimum atomic E-state index is -0.775. The predicted molar refractivity (Wildman–Crippen MR) is 69.4 cm³/mol. The summed E-state index contributed by atoms with van der Waals surface area (Å²) < 4.78 is 5.29. The van der Waals surface area contributed by atoms with E-state index in [-0.39, 0.29) is 12.6 Å². The molecule has 0 saturated carbocycles. The summed E-state index contributed by atoms with van der Waals surface area (Å²) in [6.45, 7) is 1.54. The summed E-state index contributed by atoms with van der Waals surface area (Å²) in [7, 11) is 1.96. The zero-order chi connectivity index (χ0) is 13.0. The highest BCUT2D eigenvalue weighted by Gasteiger charge is 2.33. The number of benzene rings is 1. The van der Waals surface area contributed by atoms with E-state index in [1.54, 1.807) is 0 Å². The van der Waals surface area contributed by atoms with E-state index >= 15 is 0 Å². The maximum absolute atomic E-state index is 9.93. The molecular formula is C14H21NO3. The molecule has 1 aromatic carbocycles. The van der Waals surface area contributed by atoms with Crippen LogP contribution in [0.25, 0.3) is 0 Å². The number of aliphatic hydroxyl groups excluding tert-OH is 2. The predicted octanol–water partition coefficient (Wildman–Crippen LogP) is 0.281. The molecule has 0 aromatic heterocycles. The summed E-state index contributed by atoms with van der Waals surface area (Å²) in [5, 5.41) is 19.5. The smallest absolute Gasteiger partial charge is 0.105 e. The molecule has 0 bridgehead atoms. The average molecular weight is 251 g/mol. The van der Waals surface area contributed by atoms with Crippen molar-refractivity contribution in [2.45, 2.75) is 24.7 Å². The SMILES string of the molecule is CN(CCc1ccccc1)[C@@H]1COC[C@@H](O)[C@H]1O. The fourth-order valence-electron chi connectivity index (χ4n) is 2.27. The van der Waals surface area contributed by atoms with E-state index in [1.165, 1.54) is 5.56 Å². The molecule has 3 atom stereocenters. The molecule has 1 aliphatic rings. The van der Waals surface area contributed by atoms with Gasteiger partial charge in [0.15, 0.2) is 0 Å². The lowest BCUT2D eigenvalue weighted by molar-refractivity contribution is -0.128.